The highest BCUT2D eigenvalue weighted by Crippen LogP contribution is 2.26. The zero-order valence-electron chi connectivity index (χ0n) is 14.8. The standard InChI is InChI=1S/C18H14F2N6O3/c19-11-5-6-12(20)10(7-11)8-26-24-16(23-25-26)18(28)22-14-9-29-15-4-2-1-3-13(15)21-17(14)27/h1-7,14H,8-9H2,(H,21,27)(H,22,28). The number of carbonyl (C=O) groups is 2. The van der Waals surface area contributed by atoms with Gasteiger partial charge in [-0.2, -0.15) is 4.80 Å². The quantitative estimate of drug-likeness (QED) is 0.679. The third-order valence-corrected chi connectivity index (χ3v) is 4.15. The number of benzene rings is 2. The van der Waals surface area contributed by atoms with Crippen molar-refractivity contribution >= 4 is 17.5 Å². The number of anilines is 1. The van der Waals surface area contributed by atoms with Gasteiger partial charge in [0.05, 0.1) is 12.2 Å². The highest BCUT2D eigenvalue weighted by Gasteiger charge is 2.28. The molecule has 0 bridgehead atoms. The summed E-state index contributed by atoms with van der Waals surface area (Å²) in [6, 6.07) is 8.86. The van der Waals surface area contributed by atoms with Crippen LogP contribution in [0, 0.1) is 11.6 Å². The number of fused-ring (bicyclic) bond motifs is 1. The van der Waals surface area contributed by atoms with Crippen molar-refractivity contribution in [2.24, 2.45) is 0 Å². The Hall–Kier alpha value is -3.89. The van der Waals surface area contributed by atoms with Gasteiger partial charge >= 0.3 is 0 Å². The average Bonchev–Trinajstić information content (AvgIpc) is 3.11. The number of aromatic nitrogens is 4. The molecule has 11 heteroatoms. The fraction of sp³-hybridized carbons (Fsp3) is 0.167. The molecule has 1 aliphatic rings. The highest BCUT2D eigenvalue weighted by atomic mass is 19.1. The molecular weight excluding hydrogens is 386 g/mol. The monoisotopic (exact) mass is 400 g/mol. The number of hydrogen-bond acceptors (Lipinski definition) is 6. The maximum absolute atomic E-state index is 13.7. The predicted molar refractivity (Wildman–Crippen MR) is 95.1 cm³/mol. The van der Waals surface area contributed by atoms with Crippen molar-refractivity contribution in [2.45, 2.75) is 12.6 Å². The van der Waals surface area contributed by atoms with E-state index in [9.17, 15) is 18.4 Å². The Bertz CT molecular complexity index is 1090. The summed E-state index contributed by atoms with van der Waals surface area (Å²) < 4.78 is 32.5. The van der Waals surface area contributed by atoms with Crippen molar-refractivity contribution in [1.29, 1.82) is 0 Å². The minimum absolute atomic E-state index is 0.00340. The van der Waals surface area contributed by atoms with Crippen LogP contribution in [0.1, 0.15) is 16.2 Å². The maximum atomic E-state index is 13.7. The van der Waals surface area contributed by atoms with E-state index in [1.54, 1.807) is 24.3 Å². The van der Waals surface area contributed by atoms with Crippen LogP contribution in [0.3, 0.4) is 0 Å². The molecule has 0 saturated heterocycles. The molecule has 29 heavy (non-hydrogen) atoms. The SMILES string of the molecule is O=C(NC1COc2ccccc2NC1=O)c1nnn(Cc2cc(F)ccc2F)n1. The third-order valence-electron chi connectivity index (χ3n) is 4.15. The molecule has 0 aliphatic carbocycles. The minimum atomic E-state index is -0.984. The Labute approximate surface area is 162 Å². The average molecular weight is 400 g/mol. The molecule has 0 fully saturated rings. The number of tetrazole rings is 1. The summed E-state index contributed by atoms with van der Waals surface area (Å²) in [6.45, 7) is -0.302. The van der Waals surface area contributed by atoms with E-state index in [1.807, 2.05) is 0 Å². The summed E-state index contributed by atoms with van der Waals surface area (Å²) in [6.07, 6.45) is 0. The minimum Gasteiger partial charge on any atom is -0.489 e. The maximum Gasteiger partial charge on any atom is 0.293 e. The van der Waals surface area contributed by atoms with Crippen molar-refractivity contribution in [3.05, 3.63) is 65.5 Å². The second-order valence-corrected chi connectivity index (χ2v) is 6.20. The van der Waals surface area contributed by atoms with E-state index >= 15 is 0 Å². The molecule has 148 valence electrons. The van der Waals surface area contributed by atoms with Crippen molar-refractivity contribution in [3.8, 4) is 5.75 Å². The van der Waals surface area contributed by atoms with Gasteiger partial charge in [0.15, 0.2) is 0 Å². The zero-order chi connectivity index (χ0) is 20.4. The molecule has 1 aromatic heterocycles. The Kier molecular flexibility index (Phi) is 4.85. The van der Waals surface area contributed by atoms with Crippen molar-refractivity contribution in [2.75, 3.05) is 11.9 Å². The number of halogens is 2. The summed E-state index contributed by atoms with van der Waals surface area (Å²) in [5, 5.41) is 16.2. The van der Waals surface area contributed by atoms with Gasteiger partial charge in [0.2, 0.25) is 0 Å². The van der Waals surface area contributed by atoms with Crippen molar-refractivity contribution < 1.29 is 23.1 Å². The summed E-state index contributed by atoms with van der Waals surface area (Å²) in [5.74, 6) is -2.31. The van der Waals surface area contributed by atoms with Gasteiger partial charge in [-0.3, -0.25) is 9.59 Å². The Morgan fingerprint density at radius 1 is 1.28 bits per heavy atom. The lowest BCUT2D eigenvalue weighted by Gasteiger charge is -2.13. The van der Waals surface area contributed by atoms with Crippen LogP contribution in [0.2, 0.25) is 0 Å². The van der Waals surface area contributed by atoms with Gasteiger partial charge in [-0.05, 0) is 35.5 Å². The number of nitrogens with one attached hydrogen (secondary N) is 2. The lowest BCUT2D eigenvalue weighted by molar-refractivity contribution is -0.118. The van der Waals surface area contributed by atoms with Gasteiger partial charge in [0.25, 0.3) is 17.6 Å². The topological polar surface area (TPSA) is 111 Å². The van der Waals surface area contributed by atoms with E-state index < -0.39 is 29.5 Å². The van der Waals surface area contributed by atoms with Crippen molar-refractivity contribution in [3.63, 3.8) is 0 Å². The molecule has 0 radical (unpaired) electrons. The summed E-state index contributed by atoms with van der Waals surface area (Å²) in [7, 11) is 0. The molecular formula is C18H14F2N6O3. The van der Waals surface area contributed by atoms with E-state index in [0.29, 0.717) is 11.4 Å². The fourth-order valence-corrected chi connectivity index (χ4v) is 2.71. The molecule has 0 saturated carbocycles. The molecule has 2 amide bonds. The van der Waals surface area contributed by atoms with E-state index in [0.717, 1.165) is 23.0 Å². The lowest BCUT2D eigenvalue weighted by atomic mass is 10.2. The van der Waals surface area contributed by atoms with Gasteiger partial charge in [-0.15, -0.1) is 10.2 Å². The first-order valence-electron chi connectivity index (χ1n) is 8.55. The van der Waals surface area contributed by atoms with Gasteiger partial charge in [-0.25, -0.2) is 8.78 Å². The molecule has 1 atom stereocenters. The predicted octanol–water partition coefficient (Wildman–Crippen LogP) is 1.13. The lowest BCUT2D eigenvalue weighted by Crippen LogP contribution is -2.46. The normalized spacial score (nSPS) is 15.7. The smallest absolute Gasteiger partial charge is 0.293 e. The first-order valence-corrected chi connectivity index (χ1v) is 8.55. The van der Waals surface area contributed by atoms with Crippen molar-refractivity contribution in [1.82, 2.24) is 25.5 Å². The number of ether oxygens (including phenoxy) is 1. The molecule has 2 aromatic carbocycles. The van der Waals surface area contributed by atoms with Crippen LogP contribution < -0.4 is 15.4 Å². The molecule has 4 rings (SSSR count). The van der Waals surface area contributed by atoms with Crippen LogP contribution in [-0.2, 0) is 11.3 Å². The van der Waals surface area contributed by atoms with E-state index in [-0.39, 0.29) is 24.5 Å². The Morgan fingerprint density at radius 3 is 2.97 bits per heavy atom. The molecule has 9 nitrogen and oxygen atoms in total. The van der Waals surface area contributed by atoms with Crippen LogP contribution >= 0.6 is 0 Å². The summed E-state index contributed by atoms with van der Waals surface area (Å²) in [5.41, 5.74) is 0.499. The molecule has 1 unspecified atom stereocenters. The summed E-state index contributed by atoms with van der Waals surface area (Å²) in [4.78, 5) is 25.6. The van der Waals surface area contributed by atoms with Crippen LogP contribution in [0.4, 0.5) is 14.5 Å². The number of carbonyl (C=O) groups excluding carboxylic acids is 2. The molecule has 0 spiro atoms. The molecule has 2 N–H and O–H groups in total. The van der Waals surface area contributed by atoms with Crippen LogP contribution in [0.25, 0.3) is 0 Å². The number of para-hydroxylation sites is 2. The number of rotatable bonds is 4. The Balaban J connectivity index is 1.43. The van der Waals surface area contributed by atoms with Gasteiger partial charge in [0.1, 0.15) is 30.0 Å². The molecule has 1 aliphatic heterocycles. The fourth-order valence-electron chi connectivity index (χ4n) is 2.71. The van der Waals surface area contributed by atoms with E-state index in [1.165, 1.54) is 0 Å². The molecule has 3 aromatic rings. The summed E-state index contributed by atoms with van der Waals surface area (Å²) >= 11 is 0. The van der Waals surface area contributed by atoms with Crippen LogP contribution in [-0.4, -0.2) is 44.7 Å². The third kappa shape index (κ3) is 4.03. The number of amides is 2. The first kappa shape index (κ1) is 18.5. The second kappa shape index (κ2) is 7.62. The largest absolute Gasteiger partial charge is 0.489 e. The first-order chi connectivity index (χ1) is 14.0. The van der Waals surface area contributed by atoms with Crippen LogP contribution in [0.15, 0.2) is 42.5 Å². The number of nitrogens with zero attached hydrogens (tertiary/aromatic N) is 4. The van der Waals surface area contributed by atoms with Crippen LogP contribution in [0.5, 0.6) is 5.75 Å². The van der Waals surface area contributed by atoms with E-state index in [4.69, 9.17) is 4.74 Å². The van der Waals surface area contributed by atoms with E-state index in [2.05, 4.69) is 26.0 Å². The van der Waals surface area contributed by atoms with Gasteiger partial charge in [-0.1, -0.05) is 12.1 Å². The van der Waals surface area contributed by atoms with Gasteiger partial charge in [0, 0.05) is 5.56 Å². The zero-order valence-corrected chi connectivity index (χ0v) is 14.8. The Morgan fingerprint density at radius 2 is 2.10 bits per heavy atom. The number of hydrogen-bond donors (Lipinski definition) is 2. The highest BCUT2D eigenvalue weighted by molar-refractivity contribution is 6.01. The molecule has 2 heterocycles. The van der Waals surface area contributed by atoms with Gasteiger partial charge < -0.3 is 15.4 Å². The second-order valence-electron chi connectivity index (χ2n) is 6.20.